The summed E-state index contributed by atoms with van der Waals surface area (Å²) in [6.07, 6.45) is 2.12. The normalized spacial score (nSPS) is 13.1. The van der Waals surface area contributed by atoms with Crippen LogP contribution in [0.1, 0.15) is 23.2 Å². The summed E-state index contributed by atoms with van der Waals surface area (Å²) in [7, 11) is 0. The molecule has 8 heteroatoms. The van der Waals surface area contributed by atoms with Crippen molar-refractivity contribution in [3.63, 3.8) is 0 Å². The number of amides is 2. The summed E-state index contributed by atoms with van der Waals surface area (Å²) in [6, 6.07) is 26.8. The number of anilines is 1. The molecule has 1 saturated heterocycles. The Hall–Kier alpha value is -3.91. The number of nitrogens with zero attached hydrogens (tertiary/aromatic N) is 4. The summed E-state index contributed by atoms with van der Waals surface area (Å²) < 4.78 is 1.96. The molecule has 0 bridgehead atoms. The maximum atomic E-state index is 12.7. The van der Waals surface area contributed by atoms with Gasteiger partial charge in [-0.25, -0.2) is 0 Å². The van der Waals surface area contributed by atoms with E-state index in [4.69, 9.17) is 0 Å². The van der Waals surface area contributed by atoms with Crippen LogP contribution >= 0.6 is 11.8 Å². The quantitative estimate of drug-likeness (QED) is 0.378. The molecule has 1 aromatic heterocycles. The van der Waals surface area contributed by atoms with Crippen molar-refractivity contribution in [3.05, 3.63) is 90.5 Å². The topological polar surface area (TPSA) is 80.1 Å². The zero-order chi connectivity index (χ0) is 24.0. The van der Waals surface area contributed by atoms with Crippen molar-refractivity contribution in [1.29, 1.82) is 0 Å². The van der Waals surface area contributed by atoms with E-state index in [-0.39, 0.29) is 17.6 Å². The zero-order valence-electron chi connectivity index (χ0n) is 19.1. The molecule has 7 nitrogen and oxygen atoms in total. The third-order valence-corrected chi connectivity index (χ3v) is 6.75. The maximum Gasteiger partial charge on any atom is 0.253 e. The van der Waals surface area contributed by atoms with Crippen LogP contribution in [0.4, 0.5) is 5.69 Å². The second kappa shape index (κ2) is 10.6. The van der Waals surface area contributed by atoms with Crippen LogP contribution in [-0.4, -0.2) is 50.3 Å². The molecule has 2 amide bonds. The Kier molecular flexibility index (Phi) is 6.90. The Morgan fingerprint density at radius 2 is 1.49 bits per heavy atom. The van der Waals surface area contributed by atoms with Gasteiger partial charge in [0.25, 0.3) is 5.91 Å². The molecule has 0 unspecified atom stereocenters. The molecule has 0 radical (unpaired) electrons. The Bertz CT molecular complexity index is 1300. The van der Waals surface area contributed by atoms with Gasteiger partial charge in [-0.1, -0.05) is 60.3 Å². The molecule has 0 saturated carbocycles. The third-order valence-electron chi connectivity index (χ3n) is 5.82. The van der Waals surface area contributed by atoms with Crippen molar-refractivity contribution in [2.24, 2.45) is 0 Å². The fourth-order valence-electron chi connectivity index (χ4n) is 4.07. The van der Waals surface area contributed by atoms with E-state index in [1.807, 2.05) is 70.1 Å². The first-order chi connectivity index (χ1) is 17.2. The van der Waals surface area contributed by atoms with Crippen molar-refractivity contribution in [2.45, 2.75) is 18.0 Å². The average Bonchev–Trinajstić information content (AvgIpc) is 3.59. The van der Waals surface area contributed by atoms with Crippen LogP contribution in [0.25, 0.3) is 17.1 Å². The molecule has 0 atom stereocenters. The Balaban J connectivity index is 1.27. The molecule has 4 aromatic rings. The van der Waals surface area contributed by atoms with Gasteiger partial charge in [-0.15, -0.1) is 10.2 Å². The van der Waals surface area contributed by atoms with E-state index in [9.17, 15) is 9.59 Å². The molecule has 1 aliphatic heterocycles. The van der Waals surface area contributed by atoms with Gasteiger partial charge in [0, 0.05) is 35.6 Å². The largest absolute Gasteiger partial charge is 0.339 e. The zero-order valence-corrected chi connectivity index (χ0v) is 19.9. The number of aromatic nitrogens is 3. The number of likely N-dealkylation sites (tertiary alicyclic amines) is 1. The van der Waals surface area contributed by atoms with Gasteiger partial charge in [-0.05, 0) is 49.2 Å². The molecule has 1 fully saturated rings. The molecule has 5 rings (SSSR count). The van der Waals surface area contributed by atoms with Crippen molar-refractivity contribution in [3.8, 4) is 17.1 Å². The minimum atomic E-state index is -0.155. The Labute approximate surface area is 208 Å². The Morgan fingerprint density at radius 1 is 0.829 bits per heavy atom. The monoisotopic (exact) mass is 483 g/mol. The van der Waals surface area contributed by atoms with Crippen LogP contribution in [0, 0.1) is 0 Å². The lowest BCUT2D eigenvalue weighted by molar-refractivity contribution is -0.113. The summed E-state index contributed by atoms with van der Waals surface area (Å²) in [5.74, 6) is 0.787. The van der Waals surface area contributed by atoms with E-state index in [1.54, 1.807) is 24.3 Å². The van der Waals surface area contributed by atoms with Gasteiger partial charge in [-0.3, -0.25) is 14.2 Å². The molecule has 2 heterocycles. The SMILES string of the molecule is O=C(CSc1nnc(-c2ccccc2)n1-c1ccccc1)Nc1ccc(C(=O)N2CCCC2)cc1. The summed E-state index contributed by atoms with van der Waals surface area (Å²) in [4.78, 5) is 27.1. The second-order valence-electron chi connectivity index (χ2n) is 8.26. The number of carbonyl (C=O) groups is 2. The van der Waals surface area contributed by atoms with Crippen LogP contribution in [0.3, 0.4) is 0 Å². The highest BCUT2D eigenvalue weighted by Gasteiger charge is 2.20. The Morgan fingerprint density at radius 3 is 2.17 bits per heavy atom. The molecular formula is C27H25N5O2S. The lowest BCUT2D eigenvalue weighted by Gasteiger charge is -2.15. The second-order valence-corrected chi connectivity index (χ2v) is 9.20. The van der Waals surface area contributed by atoms with Crippen LogP contribution in [0.2, 0.25) is 0 Å². The molecule has 0 aliphatic carbocycles. The first kappa shape index (κ1) is 22.9. The van der Waals surface area contributed by atoms with E-state index in [0.29, 0.717) is 16.4 Å². The van der Waals surface area contributed by atoms with Gasteiger partial charge < -0.3 is 10.2 Å². The van der Waals surface area contributed by atoms with E-state index in [1.165, 1.54) is 11.8 Å². The molecule has 0 spiro atoms. The van der Waals surface area contributed by atoms with Crippen molar-refractivity contribution in [1.82, 2.24) is 19.7 Å². The van der Waals surface area contributed by atoms with Crippen LogP contribution in [0.5, 0.6) is 0 Å². The predicted octanol–water partition coefficient (Wildman–Crippen LogP) is 4.90. The van der Waals surface area contributed by atoms with E-state index in [0.717, 1.165) is 43.0 Å². The number of benzene rings is 3. The first-order valence-corrected chi connectivity index (χ1v) is 12.6. The van der Waals surface area contributed by atoms with E-state index in [2.05, 4.69) is 15.5 Å². The average molecular weight is 484 g/mol. The number of para-hydroxylation sites is 1. The van der Waals surface area contributed by atoms with Crippen molar-refractivity contribution < 1.29 is 9.59 Å². The summed E-state index contributed by atoms with van der Waals surface area (Å²) in [6.45, 7) is 1.63. The molecule has 1 N–H and O–H groups in total. The minimum absolute atomic E-state index is 0.0467. The highest BCUT2D eigenvalue weighted by atomic mass is 32.2. The fourth-order valence-corrected chi connectivity index (χ4v) is 4.83. The van der Waals surface area contributed by atoms with Crippen molar-refractivity contribution in [2.75, 3.05) is 24.2 Å². The van der Waals surface area contributed by atoms with Crippen molar-refractivity contribution >= 4 is 29.3 Å². The van der Waals surface area contributed by atoms with Gasteiger partial charge in [0.15, 0.2) is 11.0 Å². The maximum absolute atomic E-state index is 12.7. The van der Waals surface area contributed by atoms with E-state index >= 15 is 0 Å². The molecule has 3 aromatic carbocycles. The van der Waals surface area contributed by atoms with Gasteiger partial charge in [0.05, 0.1) is 5.75 Å². The summed E-state index contributed by atoms with van der Waals surface area (Å²) in [5, 5.41) is 12.3. The number of carbonyl (C=O) groups excluding carboxylic acids is 2. The fraction of sp³-hybridized carbons (Fsp3) is 0.185. The third kappa shape index (κ3) is 5.27. The highest BCUT2D eigenvalue weighted by molar-refractivity contribution is 7.99. The number of rotatable bonds is 7. The highest BCUT2D eigenvalue weighted by Crippen LogP contribution is 2.28. The summed E-state index contributed by atoms with van der Waals surface area (Å²) >= 11 is 1.33. The predicted molar refractivity (Wildman–Crippen MR) is 138 cm³/mol. The van der Waals surface area contributed by atoms with Crippen LogP contribution in [-0.2, 0) is 4.79 Å². The van der Waals surface area contributed by atoms with Gasteiger partial charge in [0.2, 0.25) is 5.91 Å². The lowest BCUT2D eigenvalue weighted by atomic mass is 10.2. The first-order valence-electron chi connectivity index (χ1n) is 11.6. The van der Waals surface area contributed by atoms with Crippen LogP contribution < -0.4 is 5.32 Å². The summed E-state index contributed by atoms with van der Waals surface area (Å²) in [5.41, 5.74) is 3.17. The van der Waals surface area contributed by atoms with Gasteiger partial charge >= 0.3 is 0 Å². The van der Waals surface area contributed by atoms with Gasteiger partial charge in [0.1, 0.15) is 0 Å². The number of thioether (sulfide) groups is 1. The minimum Gasteiger partial charge on any atom is -0.339 e. The molecule has 35 heavy (non-hydrogen) atoms. The number of hydrogen-bond donors (Lipinski definition) is 1. The standard InChI is InChI=1S/C27H25N5O2S/c33-24(28-22-15-13-21(14-16-22)26(34)31-17-7-8-18-31)19-35-27-30-29-25(20-9-3-1-4-10-20)32(27)23-11-5-2-6-12-23/h1-6,9-16H,7-8,17-19H2,(H,28,33). The van der Waals surface area contributed by atoms with Crippen LogP contribution in [0.15, 0.2) is 90.1 Å². The number of nitrogens with one attached hydrogen (secondary N) is 1. The molecule has 1 aliphatic rings. The number of hydrogen-bond acceptors (Lipinski definition) is 5. The van der Waals surface area contributed by atoms with Gasteiger partial charge in [-0.2, -0.15) is 0 Å². The molecule has 176 valence electrons. The lowest BCUT2D eigenvalue weighted by Crippen LogP contribution is -2.27. The van der Waals surface area contributed by atoms with E-state index < -0.39 is 0 Å². The molecular weight excluding hydrogens is 458 g/mol. The smallest absolute Gasteiger partial charge is 0.253 e.